The Morgan fingerprint density at radius 1 is 1.42 bits per heavy atom. The lowest BCUT2D eigenvalue weighted by Crippen LogP contribution is -2.53. The molecule has 19 heavy (non-hydrogen) atoms. The van der Waals surface area contributed by atoms with Crippen molar-refractivity contribution in [1.29, 1.82) is 0 Å². The van der Waals surface area contributed by atoms with Crippen molar-refractivity contribution >= 4 is 23.5 Å². The van der Waals surface area contributed by atoms with E-state index in [1.54, 1.807) is 6.92 Å². The molecule has 0 bridgehead atoms. The predicted octanol–water partition coefficient (Wildman–Crippen LogP) is 1.84. The SMILES string of the molecule is CC(C(=O)O)C1CN(C(=O)c2cc(O)ccc2Cl)C1. The number of likely N-dealkylation sites (tertiary alicyclic amines) is 1. The molecule has 1 unspecified atom stereocenters. The van der Waals surface area contributed by atoms with Gasteiger partial charge in [-0.05, 0) is 18.2 Å². The normalized spacial score (nSPS) is 16.8. The number of carbonyl (C=O) groups excluding carboxylic acids is 1. The molecule has 1 atom stereocenters. The highest BCUT2D eigenvalue weighted by Gasteiger charge is 2.37. The van der Waals surface area contributed by atoms with Crippen LogP contribution in [-0.2, 0) is 4.79 Å². The third-order valence-corrected chi connectivity index (χ3v) is 3.80. The smallest absolute Gasteiger partial charge is 0.306 e. The first-order valence-electron chi connectivity index (χ1n) is 5.90. The van der Waals surface area contributed by atoms with E-state index in [0.29, 0.717) is 13.1 Å². The lowest BCUT2D eigenvalue weighted by molar-refractivity contribution is -0.144. The number of carboxylic acid groups (broad SMARTS) is 1. The fourth-order valence-corrected chi connectivity index (χ4v) is 2.24. The number of nitrogens with zero attached hydrogens (tertiary/aromatic N) is 1. The van der Waals surface area contributed by atoms with Crippen LogP contribution in [0.5, 0.6) is 5.75 Å². The molecule has 0 aromatic heterocycles. The zero-order valence-electron chi connectivity index (χ0n) is 10.3. The summed E-state index contributed by atoms with van der Waals surface area (Å²) in [5, 5.41) is 18.5. The van der Waals surface area contributed by atoms with Crippen molar-refractivity contribution in [1.82, 2.24) is 4.90 Å². The highest BCUT2D eigenvalue weighted by molar-refractivity contribution is 6.33. The predicted molar refractivity (Wildman–Crippen MR) is 69.3 cm³/mol. The standard InChI is InChI=1S/C13H14ClNO4/c1-7(13(18)19)8-5-15(6-8)12(17)10-4-9(16)2-3-11(10)14/h2-4,7-8,16H,5-6H2,1H3,(H,18,19). The lowest BCUT2D eigenvalue weighted by Gasteiger charge is -2.41. The van der Waals surface area contributed by atoms with Gasteiger partial charge in [0.25, 0.3) is 5.91 Å². The summed E-state index contributed by atoms with van der Waals surface area (Å²) < 4.78 is 0. The van der Waals surface area contributed by atoms with Gasteiger partial charge in [-0.15, -0.1) is 0 Å². The van der Waals surface area contributed by atoms with Gasteiger partial charge in [0.05, 0.1) is 16.5 Å². The Kier molecular flexibility index (Phi) is 3.66. The molecule has 6 heteroatoms. The molecule has 0 aliphatic carbocycles. The maximum Gasteiger partial charge on any atom is 0.306 e. The molecule has 2 rings (SSSR count). The monoisotopic (exact) mass is 283 g/mol. The van der Waals surface area contributed by atoms with Crippen molar-refractivity contribution in [2.75, 3.05) is 13.1 Å². The van der Waals surface area contributed by atoms with Gasteiger partial charge in [-0.2, -0.15) is 0 Å². The second-order valence-electron chi connectivity index (χ2n) is 4.76. The Balaban J connectivity index is 2.04. The molecule has 0 saturated carbocycles. The summed E-state index contributed by atoms with van der Waals surface area (Å²) in [7, 11) is 0. The molecule has 1 fully saturated rings. The van der Waals surface area contributed by atoms with Crippen LogP contribution in [0.4, 0.5) is 0 Å². The first-order valence-corrected chi connectivity index (χ1v) is 6.28. The van der Waals surface area contributed by atoms with E-state index in [0.717, 1.165) is 0 Å². The van der Waals surface area contributed by atoms with Gasteiger partial charge in [-0.25, -0.2) is 0 Å². The van der Waals surface area contributed by atoms with Gasteiger partial charge in [0.2, 0.25) is 0 Å². The van der Waals surface area contributed by atoms with Gasteiger partial charge >= 0.3 is 5.97 Å². The molecule has 1 aromatic carbocycles. The minimum Gasteiger partial charge on any atom is -0.508 e. The number of benzene rings is 1. The van der Waals surface area contributed by atoms with Gasteiger partial charge in [0.1, 0.15) is 5.75 Å². The molecule has 2 N–H and O–H groups in total. The topological polar surface area (TPSA) is 77.8 Å². The number of halogens is 1. The van der Waals surface area contributed by atoms with Crippen LogP contribution in [0.15, 0.2) is 18.2 Å². The van der Waals surface area contributed by atoms with Crippen molar-refractivity contribution in [2.24, 2.45) is 11.8 Å². The Morgan fingerprint density at radius 3 is 2.63 bits per heavy atom. The van der Waals surface area contributed by atoms with Crippen molar-refractivity contribution in [3.8, 4) is 5.75 Å². The maximum atomic E-state index is 12.1. The van der Waals surface area contributed by atoms with E-state index in [2.05, 4.69) is 0 Å². The third-order valence-electron chi connectivity index (χ3n) is 3.47. The quantitative estimate of drug-likeness (QED) is 0.887. The van der Waals surface area contributed by atoms with Crippen LogP contribution < -0.4 is 0 Å². The molecule has 1 aromatic rings. The summed E-state index contributed by atoms with van der Waals surface area (Å²) in [5.41, 5.74) is 0.239. The largest absolute Gasteiger partial charge is 0.508 e. The number of carbonyl (C=O) groups is 2. The average Bonchev–Trinajstić information content (AvgIpc) is 2.29. The highest BCUT2D eigenvalue weighted by Crippen LogP contribution is 2.29. The van der Waals surface area contributed by atoms with E-state index in [1.165, 1.54) is 23.1 Å². The van der Waals surface area contributed by atoms with E-state index in [1.807, 2.05) is 0 Å². The molecule has 1 heterocycles. The van der Waals surface area contributed by atoms with Crippen molar-refractivity contribution < 1.29 is 19.8 Å². The van der Waals surface area contributed by atoms with E-state index >= 15 is 0 Å². The third kappa shape index (κ3) is 2.66. The van der Waals surface area contributed by atoms with Gasteiger partial charge in [0.15, 0.2) is 0 Å². The van der Waals surface area contributed by atoms with Crippen LogP contribution in [0, 0.1) is 11.8 Å². The van der Waals surface area contributed by atoms with Gasteiger partial charge in [-0.1, -0.05) is 18.5 Å². The number of carboxylic acids is 1. The molecular formula is C13H14ClNO4. The number of rotatable bonds is 3. The minimum absolute atomic E-state index is 0.0243. The number of aliphatic carboxylic acids is 1. The number of phenolic OH excluding ortho intramolecular Hbond substituents is 1. The van der Waals surface area contributed by atoms with Crippen molar-refractivity contribution in [3.63, 3.8) is 0 Å². The van der Waals surface area contributed by atoms with Crippen LogP contribution in [0.1, 0.15) is 17.3 Å². The molecule has 1 aliphatic heterocycles. The summed E-state index contributed by atoms with van der Waals surface area (Å²) in [6, 6.07) is 4.18. The number of phenols is 1. The molecule has 1 aliphatic rings. The summed E-state index contributed by atoms with van der Waals surface area (Å²) in [6.45, 7) is 2.44. The molecule has 0 spiro atoms. The lowest BCUT2D eigenvalue weighted by atomic mass is 9.86. The molecule has 1 amide bonds. The van der Waals surface area contributed by atoms with Crippen LogP contribution in [0.3, 0.4) is 0 Å². The Bertz CT molecular complexity index is 525. The fourth-order valence-electron chi connectivity index (χ4n) is 2.04. The van der Waals surface area contributed by atoms with Gasteiger partial charge in [-0.3, -0.25) is 9.59 Å². The molecule has 102 valence electrons. The van der Waals surface area contributed by atoms with Crippen LogP contribution in [-0.4, -0.2) is 40.1 Å². The first kappa shape index (κ1) is 13.7. The van der Waals surface area contributed by atoms with Crippen molar-refractivity contribution in [3.05, 3.63) is 28.8 Å². The summed E-state index contributed by atoms with van der Waals surface area (Å²) in [6.07, 6.45) is 0. The van der Waals surface area contributed by atoms with Crippen LogP contribution >= 0.6 is 11.6 Å². The van der Waals surface area contributed by atoms with E-state index < -0.39 is 11.9 Å². The van der Waals surface area contributed by atoms with Crippen LogP contribution in [0.25, 0.3) is 0 Å². The molecule has 1 saturated heterocycles. The fraction of sp³-hybridized carbons (Fsp3) is 0.385. The molecular weight excluding hydrogens is 270 g/mol. The average molecular weight is 284 g/mol. The van der Waals surface area contributed by atoms with Gasteiger partial charge < -0.3 is 15.1 Å². The highest BCUT2D eigenvalue weighted by atomic mass is 35.5. The maximum absolute atomic E-state index is 12.1. The van der Waals surface area contributed by atoms with E-state index in [-0.39, 0.29) is 28.2 Å². The zero-order valence-corrected chi connectivity index (χ0v) is 11.1. The van der Waals surface area contributed by atoms with Gasteiger partial charge in [0, 0.05) is 19.0 Å². The number of hydrogen-bond donors (Lipinski definition) is 2. The Labute approximate surface area is 115 Å². The number of hydrogen-bond acceptors (Lipinski definition) is 3. The Morgan fingerprint density at radius 2 is 2.05 bits per heavy atom. The zero-order chi connectivity index (χ0) is 14.2. The minimum atomic E-state index is -0.854. The first-order chi connectivity index (χ1) is 8.90. The van der Waals surface area contributed by atoms with Crippen LogP contribution in [0.2, 0.25) is 5.02 Å². The number of aromatic hydroxyl groups is 1. The summed E-state index contributed by atoms with van der Waals surface area (Å²) in [5.74, 6) is -1.66. The summed E-state index contributed by atoms with van der Waals surface area (Å²) in [4.78, 5) is 24.5. The number of amides is 1. The second kappa shape index (κ2) is 5.09. The summed E-state index contributed by atoms with van der Waals surface area (Å²) >= 11 is 5.91. The molecule has 5 nitrogen and oxygen atoms in total. The molecule has 0 radical (unpaired) electrons. The van der Waals surface area contributed by atoms with E-state index in [9.17, 15) is 14.7 Å². The Hall–Kier alpha value is -1.75. The van der Waals surface area contributed by atoms with Crippen molar-refractivity contribution in [2.45, 2.75) is 6.92 Å². The second-order valence-corrected chi connectivity index (χ2v) is 5.17. The van der Waals surface area contributed by atoms with E-state index in [4.69, 9.17) is 16.7 Å².